The zero-order valence-electron chi connectivity index (χ0n) is 14.1. The van der Waals surface area contributed by atoms with Gasteiger partial charge in [-0.15, -0.1) is 12.4 Å². The molecule has 126 valence electrons. The molecule has 0 radical (unpaired) electrons. The van der Waals surface area contributed by atoms with Crippen LogP contribution in [0.2, 0.25) is 0 Å². The lowest BCUT2D eigenvalue weighted by molar-refractivity contribution is -0.122. The van der Waals surface area contributed by atoms with E-state index in [0.29, 0.717) is 6.42 Å². The molecule has 1 heterocycles. The van der Waals surface area contributed by atoms with Gasteiger partial charge in [-0.25, -0.2) is 0 Å². The second-order valence-corrected chi connectivity index (χ2v) is 7.56. The Hall–Kier alpha value is -1.52. The average Bonchev–Trinajstić information content (AvgIpc) is 2.80. The molecule has 0 aliphatic heterocycles. The van der Waals surface area contributed by atoms with E-state index in [9.17, 15) is 4.79 Å². The molecule has 2 aromatic rings. The van der Waals surface area contributed by atoms with Crippen molar-refractivity contribution in [3.8, 4) is 0 Å². The van der Waals surface area contributed by atoms with Crippen LogP contribution >= 0.6 is 12.4 Å². The van der Waals surface area contributed by atoms with Crippen LogP contribution in [0.4, 0.5) is 0 Å². The van der Waals surface area contributed by atoms with Crippen molar-refractivity contribution in [1.29, 1.82) is 0 Å². The molecule has 0 spiro atoms. The fourth-order valence-electron chi connectivity index (χ4n) is 3.44. The van der Waals surface area contributed by atoms with E-state index in [4.69, 9.17) is 5.73 Å². The Bertz CT molecular complexity index is 706. The van der Waals surface area contributed by atoms with Crippen molar-refractivity contribution in [2.24, 2.45) is 16.6 Å². The summed E-state index contributed by atoms with van der Waals surface area (Å²) in [6.07, 6.45) is 2.49. The number of carbonyl (C=O) groups is 1. The van der Waals surface area contributed by atoms with E-state index in [-0.39, 0.29) is 35.2 Å². The molecule has 1 aliphatic rings. The Labute approximate surface area is 143 Å². The molecule has 23 heavy (non-hydrogen) atoms. The summed E-state index contributed by atoms with van der Waals surface area (Å²) in [4.78, 5) is 15.6. The van der Waals surface area contributed by atoms with Gasteiger partial charge in [0, 0.05) is 23.1 Å². The summed E-state index contributed by atoms with van der Waals surface area (Å²) < 4.78 is 0. The number of H-pyrrole nitrogens is 1. The van der Waals surface area contributed by atoms with Gasteiger partial charge in [0.15, 0.2) is 0 Å². The van der Waals surface area contributed by atoms with Crippen LogP contribution in [0.1, 0.15) is 33.3 Å². The Kier molecular flexibility index (Phi) is 4.53. The number of hydrogen-bond donors (Lipinski definition) is 3. The maximum absolute atomic E-state index is 12.4. The van der Waals surface area contributed by atoms with Crippen LogP contribution in [0.3, 0.4) is 0 Å². The molecule has 1 aliphatic carbocycles. The van der Waals surface area contributed by atoms with E-state index in [1.54, 1.807) is 0 Å². The minimum absolute atomic E-state index is 0. The number of halogens is 1. The number of para-hydroxylation sites is 1. The zero-order chi connectivity index (χ0) is 16.1. The van der Waals surface area contributed by atoms with Crippen molar-refractivity contribution in [1.82, 2.24) is 10.3 Å². The van der Waals surface area contributed by atoms with Gasteiger partial charge in [0.25, 0.3) is 0 Å². The number of fused-ring (bicyclic) bond motifs is 1. The average molecular weight is 336 g/mol. The van der Waals surface area contributed by atoms with Crippen molar-refractivity contribution in [2.45, 2.75) is 46.2 Å². The molecular weight excluding hydrogens is 310 g/mol. The van der Waals surface area contributed by atoms with E-state index in [1.165, 1.54) is 0 Å². The molecule has 0 unspecified atom stereocenters. The highest BCUT2D eigenvalue weighted by atomic mass is 35.5. The van der Waals surface area contributed by atoms with Crippen molar-refractivity contribution >= 4 is 29.2 Å². The van der Waals surface area contributed by atoms with Crippen LogP contribution in [0, 0.1) is 10.8 Å². The van der Waals surface area contributed by atoms with Gasteiger partial charge >= 0.3 is 0 Å². The lowest BCUT2D eigenvalue weighted by Crippen LogP contribution is -2.44. The number of benzene rings is 1. The van der Waals surface area contributed by atoms with Gasteiger partial charge in [-0.2, -0.15) is 0 Å². The highest BCUT2D eigenvalue weighted by molar-refractivity contribution is 5.86. The second kappa shape index (κ2) is 5.84. The number of amides is 1. The Morgan fingerprint density at radius 2 is 1.87 bits per heavy atom. The van der Waals surface area contributed by atoms with E-state index in [1.807, 2.05) is 24.4 Å². The monoisotopic (exact) mass is 335 g/mol. The third kappa shape index (κ3) is 2.86. The van der Waals surface area contributed by atoms with Crippen LogP contribution in [0.25, 0.3) is 10.9 Å². The number of hydrogen-bond acceptors (Lipinski definition) is 2. The van der Waals surface area contributed by atoms with Gasteiger partial charge in [-0.3, -0.25) is 4.79 Å². The van der Waals surface area contributed by atoms with Crippen LogP contribution in [0.15, 0.2) is 30.5 Å². The molecule has 4 nitrogen and oxygen atoms in total. The third-order valence-electron chi connectivity index (χ3n) is 5.76. The molecule has 0 bridgehead atoms. The van der Waals surface area contributed by atoms with Crippen molar-refractivity contribution < 1.29 is 4.79 Å². The van der Waals surface area contributed by atoms with Crippen LogP contribution in [-0.2, 0) is 11.2 Å². The predicted molar refractivity (Wildman–Crippen MR) is 96.7 cm³/mol. The highest BCUT2D eigenvalue weighted by Crippen LogP contribution is 2.62. The molecule has 3 rings (SSSR count). The van der Waals surface area contributed by atoms with Gasteiger partial charge in [-0.1, -0.05) is 45.9 Å². The number of nitrogens with two attached hydrogens (primary N) is 1. The molecule has 1 fully saturated rings. The largest absolute Gasteiger partial charge is 0.361 e. The minimum atomic E-state index is -0.522. The lowest BCUT2D eigenvalue weighted by Gasteiger charge is -2.13. The van der Waals surface area contributed by atoms with Gasteiger partial charge < -0.3 is 16.0 Å². The number of nitrogens with one attached hydrogen (secondary N) is 2. The van der Waals surface area contributed by atoms with E-state index in [0.717, 1.165) is 16.5 Å². The van der Waals surface area contributed by atoms with Crippen LogP contribution in [-0.4, -0.2) is 23.0 Å². The van der Waals surface area contributed by atoms with Crippen LogP contribution < -0.4 is 11.1 Å². The summed E-state index contributed by atoms with van der Waals surface area (Å²) in [5.74, 6) is -0.0612. The van der Waals surface area contributed by atoms with Crippen LogP contribution in [0.5, 0.6) is 0 Å². The second-order valence-electron chi connectivity index (χ2n) is 7.56. The third-order valence-corrected chi connectivity index (χ3v) is 5.76. The molecule has 1 saturated carbocycles. The summed E-state index contributed by atoms with van der Waals surface area (Å²) >= 11 is 0. The summed E-state index contributed by atoms with van der Waals surface area (Å²) in [7, 11) is 0. The van der Waals surface area contributed by atoms with E-state index >= 15 is 0 Å². The number of carbonyl (C=O) groups excluding carboxylic acids is 1. The summed E-state index contributed by atoms with van der Waals surface area (Å²) in [6, 6.07) is 7.75. The Morgan fingerprint density at radius 3 is 2.48 bits per heavy atom. The molecule has 4 N–H and O–H groups in total. The number of rotatable bonds is 4. The number of aromatic amines is 1. The van der Waals surface area contributed by atoms with Gasteiger partial charge in [-0.05, 0) is 28.9 Å². The minimum Gasteiger partial charge on any atom is -0.361 e. The van der Waals surface area contributed by atoms with E-state index in [2.05, 4.69) is 44.1 Å². The predicted octanol–water partition coefficient (Wildman–Crippen LogP) is 3.01. The smallest absolute Gasteiger partial charge is 0.237 e. The number of aromatic nitrogens is 1. The normalized spacial score (nSPS) is 19.9. The Balaban J connectivity index is 0.00000192. The molecule has 1 aromatic heterocycles. The van der Waals surface area contributed by atoms with Crippen molar-refractivity contribution in [3.05, 3.63) is 36.0 Å². The first kappa shape index (κ1) is 17.8. The van der Waals surface area contributed by atoms with Gasteiger partial charge in [0.05, 0.1) is 6.04 Å². The molecular formula is C18H26ClN3O. The molecule has 1 amide bonds. The summed E-state index contributed by atoms with van der Waals surface area (Å²) in [5, 5.41) is 4.26. The van der Waals surface area contributed by atoms with Crippen molar-refractivity contribution in [3.63, 3.8) is 0 Å². The highest BCUT2D eigenvalue weighted by Gasteiger charge is 2.65. The van der Waals surface area contributed by atoms with E-state index < -0.39 is 6.04 Å². The molecule has 0 saturated heterocycles. The fourth-order valence-corrected chi connectivity index (χ4v) is 3.44. The summed E-state index contributed by atoms with van der Waals surface area (Å²) in [5.41, 5.74) is 8.55. The maximum atomic E-state index is 12.4. The van der Waals surface area contributed by atoms with Gasteiger partial charge in [0.1, 0.15) is 0 Å². The first-order chi connectivity index (χ1) is 10.2. The summed E-state index contributed by atoms with van der Waals surface area (Å²) in [6.45, 7) is 8.73. The fraction of sp³-hybridized carbons (Fsp3) is 0.500. The first-order valence-electron chi connectivity index (χ1n) is 7.86. The SMILES string of the molecule is CC1(C)C(NC(=O)[C@@H](N)Cc2c[nH]c3ccccc23)C1(C)C.Cl. The quantitative estimate of drug-likeness (QED) is 0.803. The zero-order valence-corrected chi connectivity index (χ0v) is 15.0. The first-order valence-corrected chi connectivity index (χ1v) is 7.86. The Morgan fingerprint density at radius 1 is 1.26 bits per heavy atom. The molecule has 5 heteroatoms. The maximum Gasteiger partial charge on any atom is 0.237 e. The van der Waals surface area contributed by atoms with Crippen molar-refractivity contribution in [2.75, 3.05) is 0 Å². The van der Waals surface area contributed by atoms with Gasteiger partial charge in [0.2, 0.25) is 5.91 Å². The standard InChI is InChI=1S/C18H25N3O.ClH/c1-17(2)16(18(17,3)4)21-15(22)13(19)9-11-10-20-14-8-6-5-7-12(11)14;/h5-8,10,13,16,20H,9,19H2,1-4H3,(H,21,22);1H/t13-;/m0./s1. The lowest BCUT2D eigenvalue weighted by atomic mass is 10.0. The topological polar surface area (TPSA) is 70.9 Å². The molecule has 1 aromatic carbocycles. The molecule has 1 atom stereocenters.